The van der Waals surface area contributed by atoms with E-state index in [1.165, 1.54) is 6.08 Å². The molecule has 1 heteroatoms. The van der Waals surface area contributed by atoms with E-state index in [0.717, 1.165) is 0 Å². The Hall–Kier alpha value is -0.850. The third kappa shape index (κ3) is 1.000. The highest BCUT2D eigenvalue weighted by atomic mass is 16.1. The summed E-state index contributed by atoms with van der Waals surface area (Å²) in [6.07, 6.45) is 8.20. The minimum atomic E-state index is 0.166. The SMILES string of the molecule is O=C1C=C[C]=CC1. The van der Waals surface area contributed by atoms with Crippen LogP contribution in [0.25, 0.3) is 0 Å². The number of ketones is 1. The van der Waals surface area contributed by atoms with E-state index in [4.69, 9.17) is 0 Å². The average molecular weight is 93.1 g/mol. The second-order valence-corrected chi connectivity index (χ2v) is 1.37. The molecular weight excluding hydrogens is 88.1 g/mol. The van der Waals surface area contributed by atoms with Crippen LogP contribution in [0.3, 0.4) is 0 Å². The number of hydrogen-bond donors (Lipinski definition) is 0. The Morgan fingerprint density at radius 3 is 2.86 bits per heavy atom. The van der Waals surface area contributed by atoms with Gasteiger partial charge < -0.3 is 0 Å². The highest BCUT2D eigenvalue weighted by molar-refractivity contribution is 5.91. The minimum Gasteiger partial charge on any atom is -0.295 e. The monoisotopic (exact) mass is 93.0 g/mol. The van der Waals surface area contributed by atoms with Gasteiger partial charge in [-0.25, -0.2) is 0 Å². The number of rotatable bonds is 0. The first-order valence-corrected chi connectivity index (χ1v) is 2.17. The lowest BCUT2D eigenvalue weighted by Gasteiger charge is -1.87. The standard InChI is InChI=1S/C6H5O/c7-6-4-2-1-3-5-6/h2-4H,5H2. The minimum absolute atomic E-state index is 0.166. The molecule has 0 aromatic heterocycles. The first kappa shape index (κ1) is 4.31. The van der Waals surface area contributed by atoms with Crippen LogP contribution >= 0.6 is 0 Å². The van der Waals surface area contributed by atoms with Crippen LogP contribution in [0.2, 0.25) is 0 Å². The predicted octanol–water partition coefficient (Wildman–Crippen LogP) is 0.875. The summed E-state index contributed by atoms with van der Waals surface area (Å²) < 4.78 is 0. The molecule has 0 fully saturated rings. The number of carbonyl (C=O) groups is 1. The van der Waals surface area contributed by atoms with E-state index in [2.05, 4.69) is 6.08 Å². The lowest BCUT2D eigenvalue weighted by Crippen LogP contribution is -1.90. The summed E-state index contributed by atoms with van der Waals surface area (Å²) in [5.74, 6) is 0.166. The number of hydrogen-bond acceptors (Lipinski definition) is 1. The molecule has 1 nitrogen and oxygen atoms in total. The third-order valence-corrected chi connectivity index (χ3v) is 0.787. The molecule has 0 spiro atoms. The smallest absolute Gasteiger partial charge is 0.159 e. The highest BCUT2D eigenvalue weighted by Gasteiger charge is 1.92. The zero-order chi connectivity index (χ0) is 5.11. The van der Waals surface area contributed by atoms with Crippen molar-refractivity contribution < 1.29 is 4.79 Å². The van der Waals surface area contributed by atoms with Crippen molar-refractivity contribution in [2.45, 2.75) is 6.42 Å². The molecule has 0 N–H and O–H groups in total. The Kier molecular flexibility index (Phi) is 1.07. The van der Waals surface area contributed by atoms with Crippen molar-refractivity contribution in [1.82, 2.24) is 0 Å². The summed E-state index contributed by atoms with van der Waals surface area (Å²) in [7, 11) is 0. The normalized spacial score (nSPS) is 18.0. The van der Waals surface area contributed by atoms with Gasteiger partial charge in [0.1, 0.15) is 0 Å². The van der Waals surface area contributed by atoms with Crippen molar-refractivity contribution in [3.05, 3.63) is 24.3 Å². The maximum Gasteiger partial charge on any atom is 0.159 e. The molecule has 0 atom stereocenters. The highest BCUT2D eigenvalue weighted by Crippen LogP contribution is 1.93. The molecule has 0 aliphatic heterocycles. The second-order valence-electron chi connectivity index (χ2n) is 1.37. The average Bonchev–Trinajstić information content (AvgIpc) is 1.69. The molecular formula is C6H5O. The van der Waals surface area contributed by atoms with Crippen LogP contribution in [0.15, 0.2) is 18.2 Å². The molecule has 0 bridgehead atoms. The molecule has 0 aromatic carbocycles. The van der Waals surface area contributed by atoms with Gasteiger partial charge in [-0.15, -0.1) is 0 Å². The zero-order valence-corrected chi connectivity index (χ0v) is 3.85. The summed E-state index contributed by atoms with van der Waals surface area (Å²) in [4.78, 5) is 10.3. The Balaban J connectivity index is 2.66. The molecule has 0 heterocycles. The van der Waals surface area contributed by atoms with Gasteiger partial charge in [0, 0.05) is 6.42 Å². The van der Waals surface area contributed by atoms with Gasteiger partial charge in [-0.3, -0.25) is 4.79 Å². The molecule has 0 amide bonds. The Morgan fingerprint density at radius 1 is 1.71 bits per heavy atom. The maximum atomic E-state index is 10.3. The van der Waals surface area contributed by atoms with E-state index < -0.39 is 0 Å². The van der Waals surface area contributed by atoms with Crippen LogP contribution in [0.4, 0.5) is 0 Å². The van der Waals surface area contributed by atoms with Crippen molar-refractivity contribution >= 4 is 5.78 Å². The van der Waals surface area contributed by atoms with Crippen LogP contribution < -0.4 is 0 Å². The topological polar surface area (TPSA) is 17.1 Å². The molecule has 1 radical (unpaired) electrons. The fourth-order valence-electron chi connectivity index (χ4n) is 0.437. The van der Waals surface area contributed by atoms with Crippen LogP contribution in [-0.4, -0.2) is 5.78 Å². The molecule has 1 aliphatic rings. The number of allylic oxidation sites excluding steroid dienone is 4. The summed E-state index contributed by atoms with van der Waals surface area (Å²) >= 11 is 0. The number of carbonyl (C=O) groups excluding carboxylic acids is 1. The lowest BCUT2D eigenvalue weighted by atomic mass is 10.2. The van der Waals surface area contributed by atoms with E-state index in [9.17, 15) is 4.79 Å². The molecule has 0 saturated heterocycles. The van der Waals surface area contributed by atoms with Gasteiger partial charge in [0.2, 0.25) is 0 Å². The molecule has 7 heavy (non-hydrogen) atoms. The van der Waals surface area contributed by atoms with Crippen LogP contribution in [0.5, 0.6) is 0 Å². The fourth-order valence-corrected chi connectivity index (χ4v) is 0.437. The zero-order valence-electron chi connectivity index (χ0n) is 3.85. The quantitative estimate of drug-likeness (QED) is 0.434. The van der Waals surface area contributed by atoms with Crippen molar-refractivity contribution in [3.8, 4) is 0 Å². The Morgan fingerprint density at radius 2 is 2.57 bits per heavy atom. The molecule has 1 rings (SSSR count). The van der Waals surface area contributed by atoms with E-state index in [1.807, 2.05) is 0 Å². The second kappa shape index (κ2) is 1.73. The van der Waals surface area contributed by atoms with Gasteiger partial charge in [0.15, 0.2) is 5.78 Å². The first-order valence-electron chi connectivity index (χ1n) is 2.17. The summed E-state index contributed by atoms with van der Waals surface area (Å²) in [5, 5.41) is 0. The molecule has 0 unspecified atom stereocenters. The van der Waals surface area contributed by atoms with Crippen molar-refractivity contribution in [3.63, 3.8) is 0 Å². The van der Waals surface area contributed by atoms with Crippen molar-refractivity contribution in [1.29, 1.82) is 0 Å². The molecule has 35 valence electrons. The maximum absolute atomic E-state index is 10.3. The van der Waals surface area contributed by atoms with E-state index in [-0.39, 0.29) is 5.78 Å². The van der Waals surface area contributed by atoms with Gasteiger partial charge in [0.05, 0.1) is 0 Å². The third-order valence-electron chi connectivity index (χ3n) is 0.787. The van der Waals surface area contributed by atoms with Crippen LogP contribution in [0, 0.1) is 6.08 Å². The Bertz CT molecular complexity index is 131. The molecule has 1 aliphatic carbocycles. The lowest BCUT2D eigenvalue weighted by molar-refractivity contribution is -0.113. The van der Waals surface area contributed by atoms with Gasteiger partial charge in [0.25, 0.3) is 0 Å². The van der Waals surface area contributed by atoms with Crippen LogP contribution in [0.1, 0.15) is 6.42 Å². The predicted molar refractivity (Wildman–Crippen MR) is 26.6 cm³/mol. The van der Waals surface area contributed by atoms with Crippen molar-refractivity contribution in [2.24, 2.45) is 0 Å². The largest absolute Gasteiger partial charge is 0.295 e. The van der Waals surface area contributed by atoms with E-state index >= 15 is 0 Å². The Labute approximate surface area is 42.3 Å². The van der Waals surface area contributed by atoms with Gasteiger partial charge in [-0.05, 0) is 12.2 Å². The molecule has 0 aromatic rings. The van der Waals surface area contributed by atoms with E-state index in [0.29, 0.717) is 6.42 Å². The first-order chi connectivity index (χ1) is 3.39. The summed E-state index contributed by atoms with van der Waals surface area (Å²) in [5.41, 5.74) is 0. The summed E-state index contributed by atoms with van der Waals surface area (Å²) in [6.45, 7) is 0. The van der Waals surface area contributed by atoms with Gasteiger partial charge in [-0.1, -0.05) is 12.2 Å². The summed E-state index contributed by atoms with van der Waals surface area (Å²) in [6, 6.07) is 0. The van der Waals surface area contributed by atoms with Gasteiger partial charge >= 0.3 is 0 Å². The van der Waals surface area contributed by atoms with Crippen molar-refractivity contribution in [2.75, 3.05) is 0 Å². The van der Waals surface area contributed by atoms with E-state index in [1.54, 1.807) is 12.2 Å². The van der Waals surface area contributed by atoms with Crippen LogP contribution in [-0.2, 0) is 4.79 Å². The van der Waals surface area contributed by atoms with Gasteiger partial charge in [-0.2, -0.15) is 0 Å². The fraction of sp³-hybridized carbons (Fsp3) is 0.167. The molecule has 0 saturated carbocycles.